The lowest BCUT2D eigenvalue weighted by Crippen LogP contribution is -2.38. The molecule has 1 saturated heterocycles. The molecule has 0 saturated carbocycles. The Morgan fingerprint density at radius 3 is 1.62 bits per heavy atom. The highest BCUT2D eigenvalue weighted by Crippen LogP contribution is 2.42. The summed E-state index contributed by atoms with van der Waals surface area (Å²) in [6, 6.07) is 9.48. The fourth-order valence-electron chi connectivity index (χ4n) is 4.25. The number of carbonyl (C=O) groups is 2. The Labute approximate surface area is 193 Å². The Hall–Kier alpha value is -1.92. The van der Waals surface area contributed by atoms with Crippen LogP contribution in [0.3, 0.4) is 0 Å². The molecular weight excluding hydrogens is 408 g/mol. The maximum absolute atomic E-state index is 12.3. The lowest BCUT2D eigenvalue weighted by Gasteiger charge is -2.28. The Balaban J connectivity index is 1.90. The van der Waals surface area contributed by atoms with Crippen LogP contribution in [0.25, 0.3) is 0 Å². The maximum Gasteiger partial charge on any atom is 0.338 e. The predicted molar refractivity (Wildman–Crippen MR) is 123 cm³/mol. The van der Waals surface area contributed by atoms with E-state index in [0.717, 1.165) is 24.8 Å². The third-order valence-corrected chi connectivity index (χ3v) is 6.10. The van der Waals surface area contributed by atoms with E-state index in [1.54, 1.807) is 0 Å². The van der Waals surface area contributed by atoms with E-state index in [2.05, 4.69) is 6.92 Å². The molecule has 1 fully saturated rings. The fourth-order valence-corrected chi connectivity index (χ4v) is 4.25. The number of hydrogen-bond donors (Lipinski definition) is 0. The molecule has 1 heterocycles. The monoisotopic (exact) mass is 448 g/mol. The van der Waals surface area contributed by atoms with Crippen LogP contribution < -0.4 is 0 Å². The highest BCUT2D eigenvalue weighted by molar-refractivity contribution is 5.86. The fraction of sp³-hybridized carbons (Fsp3) is 0.692. The standard InChI is InChI=1S/C26H40O6/c1-4-5-6-7-8-9-10-11-12-13-17-20-26(21-18-15-14-16-19-21)31-22(24(27)29-2)23(32-26)25(28)30-3/h14-16,18-19,22-23H,4-13,17,20H2,1-3H3. The largest absolute Gasteiger partial charge is 0.467 e. The topological polar surface area (TPSA) is 71.1 Å². The van der Waals surface area contributed by atoms with Gasteiger partial charge < -0.3 is 18.9 Å². The molecule has 32 heavy (non-hydrogen) atoms. The van der Waals surface area contributed by atoms with E-state index < -0.39 is 29.9 Å². The predicted octanol–water partition coefficient (Wildman–Crippen LogP) is 5.67. The molecule has 6 heteroatoms. The van der Waals surface area contributed by atoms with E-state index in [4.69, 9.17) is 18.9 Å². The number of rotatable bonds is 15. The zero-order valence-electron chi connectivity index (χ0n) is 20.0. The molecule has 0 radical (unpaired) electrons. The van der Waals surface area contributed by atoms with E-state index in [-0.39, 0.29) is 0 Å². The molecule has 0 aromatic heterocycles. The first-order valence-electron chi connectivity index (χ1n) is 12.1. The second-order valence-electron chi connectivity index (χ2n) is 8.53. The van der Waals surface area contributed by atoms with Crippen LogP contribution in [-0.4, -0.2) is 38.4 Å². The van der Waals surface area contributed by atoms with Crippen LogP contribution in [0.2, 0.25) is 0 Å². The molecule has 0 N–H and O–H groups in total. The van der Waals surface area contributed by atoms with Crippen LogP contribution in [0.5, 0.6) is 0 Å². The highest BCUT2D eigenvalue weighted by atomic mass is 16.8. The Bertz CT molecular complexity index is 650. The molecule has 2 atom stereocenters. The van der Waals surface area contributed by atoms with Gasteiger partial charge in [-0.05, 0) is 6.42 Å². The first-order valence-corrected chi connectivity index (χ1v) is 12.1. The van der Waals surface area contributed by atoms with Gasteiger partial charge in [-0.15, -0.1) is 0 Å². The van der Waals surface area contributed by atoms with Gasteiger partial charge in [0, 0.05) is 12.0 Å². The van der Waals surface area contributed by atoms with Gasteiger partial charge >= 0.3 is 11.9 Å². The highest BCUT2D eigenvalue weighted by Gasteiger charge is 2.55. The third kappa shape index (κ3) is 7.59. The average Bonchev–Trinajstić information content (AvgIpc) is 3.23. The minimum absolute atomic E-state index is 0.551. The minimum atomic E-state index is -1.17. The molecule has 180 valence electrons. The summed E-state index contributed by atoms with van der Waals surface area (Å²) in [5, 5.41) is 0. The number of carbonyl (C=O) groups excluding carboxylic acids is 2. The van der Waals surface area contributed by atoms with Crippen LogP contribution in [0.4, 0.5) is 0 Å². The van der Waals surface area contributed by atoms with Crippen molar-refractivity contribution >= 4 is 11.9 Å². The molecular formula is C26H40O6. The minimum Gasteiger partial charge on any atom is -0.467 e. The van der Waals surface area contributed by atoms with Gasteiger partial charge in [-0.2, -0.15) is 0 Å². The third-order valence-electron chi connectivity index (χ3n) is 6.10. The summed E-state index contributed by atoms with van der Waals surface area (Å²) in [6.07, 6.45) is 11.8. The summed E-state index contributed by atoms with van der Waals surface area (Å²) in [6.45, 7) is 2.24. The van der Waals surface area contributed by atoms with Crippen LogP contribution in [-0.2, 0) is 34.3 Å². The molecule has 1 aromatic carbocycles. The molecule has 0 bridgehead atoms. The lowest BCUT2D eigenvalue weighted by atomic mass is 9.98. The molecule has 0 spiro atoms. The SMILES string of the molecule is CCCCCCCCCCCCCC1(c2ccccc2)OC(C(=O)OC)C(C(=O)OC)O1. The van der Waals surface area contributed by atoms with Gasteiger partial charge in [0.2, 0.25) is 0 Å². The summed E-state index contributed by atoms with van der Waals surface area (Å²) in [5.74, 6) is -2.45. The first kappa shape index (κ1) is 26.3. The molecule has 1 aliphatic heterocycles. The second kappa shape index (κ2) is 14.3. The number of benzene rings is 1. The quantitative estimate of drug-likeness (QED) is 0.254. The Morgan fingerprint density at radius 1 is 0.750 bits per heavy atom. The Kier molecular flexibility index (Phi) is 11.7. The maximum atomic E-state index is 12.3. The van der Waals surface area contributed by atoms with Gasteiger partial charge in [-0.25, -0.2) is 9.59 Å². The van der Waals surface area contributed by atoms with Gasteiger partial charge in [0.15, 0.2) is 18.0 Å². The van der Waals surface area contributed by atoms with Gasteiger partial charge in [-0.1, -0.05) is 101 Å². The van der Waals surface area contributed by atoms with Gasteiger partial charge in [0.1, 0.15) is 0 Å². The van der Waals surface area contributed by atoms with E-state index in [0.29, 0.717) is 6.42 Å². The summed E-state index contributed by atoms with van der Waals surface area (Å²) in [7, 11) is 2.54. The van der Waals surface area contributed by atoms with Crippen molar-refractivity contribution < 1.29 is 28.5 Å². The van der Waals surface area contributed by atoms with Crippen molar-refractivity contribution in [1.82, 2.24) is 0 Å². The van der Waals surface area contributed by atoms with Crippen molar-refractivity contribution in [3.05, 3.63) is 35.9 Å². The van der Waals surface area contributed by atoms with Crippen LogP contribution in [0.1, 0.15) is 89.5 Å². The van der Waals surface area contributed by atoms with E-state index in [9.17, 15) is 9.59 Å². The van der Waals surface area contributed by atoms with E-state index in [1.807, 2.05) is 30.3 Å². The van der Waals surface area contributed by atoms with Crippen molar-refractivity contribution in [3.8, 4) is 0 Å². The van der Waals surface area contributed by atoms with Crippen LogP contribution >= 0.6 is 0 Å². The molecule has 1 aliphatic rings. The van der Waals surface area contributed by atoms with Crippen molar-refractivity contribution in [2.45, 2.75) is 102 Å². The molecule has 2 unspecified atom stereocenters. The van der Waals surface area contributed by atoms with Crippen LogP contribution in [0, 0.1) is 0 Å². The van der Waals surface area contributed by atoms with E-state index in [1.165, 1.54) is 65.6 Å². The average molecular weight is 449 g/mol. The van der Waals surface area contributed by atoms with Crippen molar-refractivity contribution in [1.29, 1.82) is 0 Å². The number of ether oxygens (including phenoxy) is 4. The number of hydrogen-bond acceptors (Lipinski definition) is 6. The molecule has 1 aromatic rings. The van der Waals surface area contributed by atoms with Gasteiger partial charge in [0.05, 0.1) is 14.2 Å². The normalized spacial score (nSPS) is 22.6. The van der Waals surface area contributed by atoms with Crippen molar-refractivity contribution in [3.63, 3.8) is 0 Å². The van der Waals surface area contributed by atoms with Crippen molar-refractivity contribution in [2.24, 2.45) is 0 Å². The van der Waals surface area contributed by atoms with E-state index >= 15 is 0 Å². The smallest absolute Gasteiger partial charge is 0.338 e. The summed E-state index contributed by atoms with van der Waals surface area (Å²) < 4.78 is 21.9. The Morgan fingerprint density at radius 2 is 1.19 bits per heavy atom. The molecule has 2 rings (SSSR count). The summed E-state index contributed by atoms with van der Waals surface area (Å²) >= 11 is 0. The van der Waals surface area contributed by atoms with Crippen molar-refractivity contribution in [2.75, 3.05) is 14.2 Å². The molecule has 0 aliphatic carbocycles. The number of esters is 2. The molecule has 6 nitrogen and oxygen atoms in total. The zero-order valence-corrected chi connectivity index (χ0v) is 20.0. The van der Waals surface area contributed by atoms with Crippen LogP contribution in [0.15, 0.2) is 30.3 Å². The molecule has 0 amide bonds. The first-order chi connectivity index (χ1) is 15.6. The summed E-state index contributed by atoms with van der Waals surface area (Å²) in [5.41, 5.74) is 0.785. The zero-order chi connectivity index (χ0) is 23.2. The lowest BCUT2D eigenvalue weighted by molar-refractivity contribution is -0.199. The number of methoxy groups -OCH3 is 2. The summed E-state index contributed by atoms with van der Waals surface area (Å²) in [4.78, 5) is 24.6. The number of unbranched alkanes of at least 4 members (excludes halogenated alkanes) is 10. The van der Waals surface area contributed by atoms with Gasteiger partial charge in [0.25, 0.3) is 0 Å². The van der Waals surface area contributed by atoms with Gasteiger partial charge in [-0.3, -0.25) is 0 Å². The second-order valence-corrected chi connectivity index (χ2v) is 8.53.